The van der Waals surface area contributed by atoms with Crippen LogP contribution in [0.15, 0.2) is 109 Å². The second-order valence-corrected chi connectivity index (χ2v) is 7.77. The lowest BCUT2D eigenvalue weighted by atomic mass is 9.78. The van der Waals surface area contributed by atoms with Gasteiger partial charge in [-0.25, -0.2) is 8.78 Å². The summed E-state index contributed by atoms with van der Waals surface area (Å²) in [6.45, 7) is 0.233. The molecule has 0 aliphatic heterocycles. The third-order valence-corrected chi connectivity index (χ3v) is 5.73. The van der Waals surface area contributed by atoms with Crippen molar-refractivity contribution in [1.29, 1.82) is 0 Å². The number of benzene rings is 4. The zero-order valence-corrected chi connectivity index (χ0v) is 17.7. The van der Waals surface area contributed by atoms with Crippen molar-refractivity contribution >= 4 is 6.08 Å². The highest BCUT2D eigenvalue weighted by atomic mass is 19.2. The van der Waals surface area contributed by atoms with Crippen LogP contribution in [-0.4, -0.2) is 0 Å². The van der Waals surface area contributed by atoms with Crippen LogP contribution in [0.4, 0.5) is 8.78 Å². The van der Waals surface area contributed by atoms with Crippen LogP contribution in [0.25, 0.3) is 6.08 Å². The van der Waals surface area contributed by atoms with Gasteiger partial charge in [-0.2, -0.15) is 0 Å². The molecule has 0 saturated heterocycles. The predicted molar refractivity (Wildman–Crippen MR) is 127 cm³/mol. The van der Waals surface area contributed by atoms with Crippen LogP contribution in [0, 0.1) is 11.6 Å². The molecule has 0 fully saturated rings. The first-order chi connectivity index (χ1) is 15.7. The molecule has 0 heterocycles. The molecule has 1 aliphatic carbocycles. The predicted octanol–water partition coefficient (Wildman–Crippen LogP) is 7.05. The highest BCUT2D eigenvalue weighted by Crippen LogP contribution is 2.44. The van der Waals surface area contributed by atoms with Gasteiger partial charge in [0.05, 0.1) is 0 Å². The van der Waals surface area contributed by atoms with E-state index in [1.165, 1.54) is 28.3 Å². The topological polar surface area (TPSA) is 26.0 Å². The van der Waals surface area contributed by atoms with Crippen LogP contribution in [0.5, 0.6) is 0 Å². The molecule has 32 heavy (non-hydrogen) atoms. The van der Waals surface area contributed by atoms with Gasteiger partial charge in [0.1, 0.15) is 0 Å². The minimum atomic E-state index is -0.844. The SMILES string of the molecule is C1=CC(C(c2ccccc2)c2ccccc2)c2ccccc21.NCc1ccc(F)c(F)c1. The molecule has 2 N–H and O–H groups in total. The second kappa shape index (κ2) is 10.2. The summed E-state index contributed by atoms with van der Waals surface area (Å²) < 4.78 is 24.6. The molecule has 1 atom stereocenters. The molecule has 0 bridgehead atoms. The first kappa shape index (κ1) is 21.7. The summed E-state index contributed by atoms with van der Waals surface area (Å²) in [5, 5.41) is 0. The first-order valence-corrected chi connectivity index (χ1v) is 10.7. The summed E-state index contributed by atoms with van der Waals surface area (Å²) in [5.74, 6) is -0.913. The minimum Gasteiger partial charge on any atom is -0.326 e. The maximum atomic E-state index is 12.3. The maximum absolute atomic E-state index is 12.3. The molecule has 1 unspecified atom stereocenters. The van der Waals surface area contributed by atoms with Crippen LogP contribution in [0.3, 0.4) is 0 Å². The Morgan fingerprint density at radius 3 is 1.88 bits per heavy atom. The molecule has 1 aliphatic rings. The summed E-state index contributed by atoms with van der Waals surface area (Å²) in [4.78, 5) is 0. The van der Waals surface area contributed by atoms with E-state index in [9.17, 15) is 8.78 Å². The first-order valence-electron chi connectivity index (χ1n) is 10.7. The monoisotopic (exact) mass is 425 g/mol. The van der Waals surface area contributed by atoms with Crippen molar-refractivity contribution in [2.75, 3.05) is 0 Å². The van der Waals surface area contributed by atoms with E-state index in [0.29, 0.717) is 17.4 Å². The standard InChI is InChI=1S/C22H18.C7H7F2N/c1-3-10-18(11-4-1)22(19-12-5-2-6-13-19)21-16-15-17-9-7-8-14-20(17)21;8-6-2-1-5(4-10)3-7(6)9/h1-16,21-22H;1-3H,4,10H2. The zero-order chi connectivity index (χ0) is 22.3. The number of hydrogen-bond donors (Lipinski definition) is 1. The second-order valence-electron chi connectivity index (χ2n) is 7.77. The van der Waals surface area contributed by atoms with Gasteiger partial charge in [-0.3, -0.25) is 0 Å². The Morgan fingerprint density at radius 2 is 1.28 bits per heavy atom. The summed E-state index contributed by atoms with van der Waals surface area (Å²) in [5.41, 5.74) is 11.3. The van der Waals surface area contributed by atoms with Gasteiger partial charge in [0.2, 0.25) is 0 Å². The summed E-state index contributed by atoms with van der Waals surface area (Å²) >= 11 is 0. The molecule has 4 aromatic carbocycles. The Bertz CT molecular complexity index is 1150. The van der Waals surface area contributed by atoms with Crippen molar-refractivity contribution in [2.24, 2.45) is 5.73 Å². The summed E-state index contributed by atoms with van der Waals surface area (Å²) in [7, 11) is 0. The highest BCUT2D eigenvalue weighted by molar-refractivity contribution is 5.64. The number of hydrogen-bond acceptors (Lipinski definition) is 1. The van der Waals surface area contributed by atoms with Crippen LogP contribution in [0.1, 0.15) is 39.7 Å². The lowest BCUT2D eigenvalue weighted by Gasteiger charge is -2.25. The Balaban J connectivity index is 0.000000207. The van der Waals surface area contributed by atoms with Gasteiger partial charge in [-0.05, 0) is 39.9 Å². The fourth-order valence-electron chi connectivity index (χ4n) is 4.16. The molecule has 160 valence electrons. The van der Waals surface area contributed by atoms with Gasteiger partial charge < -0.3 is 5.73 Å². The smallest absolute Gasteiger partial charge is 0.159 e. The van der Waals surface area contributed by atoms with E-state index in [1.54, 1.807) is 0 Å². The van der Waals surface area contributed by atoms with Crippen LogP contribution in [0.2, 0.25) is 0 Å². The molecule has 0 saturated carbocycles. The number of nitrogens with two attached hydrogens (primary N) is 1. The average Bonchev–Trinajstić information content (AvgIpc) is 3.27. The molecule has 1 nitrogen and oxygen atoms in total. The van der Waals surface area contributed by atoms with E-state index in [1.807, 2.05) is 0 Å². The molecule has 4 aromatic rings. The van der Waals surface area contributed by atoms with Crippen molar-refractivity contribution < 1.29 is 8.78 Å². The Hall–Kier alpha value is -3.56. The van der Waals surface area contributed by atoms with E-state index in [0.717, 1.165) is 12.1 Å². The normalized spacial score (nSPS) is 14.1. The summed E-state index contributed by atoms with van der Waals surface area (Å²) in [6, 6.07) is 34.0. The van der Waals surface area contributed by atoms with E-state index in [2.05, 4.69) is 97.1 Å². The highest BCUT2D eigenvalue weighted by Gasteiger charge is 2.28. The third-order valence-electron chi connectivity index (χ3n) is 5.73. The largest absolute Gasteiger partial charge is 0.326 e. The van der Waals surface area contributed by atoms with Crippen LogP contribution < -0.4 is 5.73 Å². The molecule has 5 rings (SSSR count). The lowest BCUT2D eigenvalue weighted by Crippen LogP contribution is -2.10. The van der Waals surface area contributed by atoms with Gasteiger partial charge in [0.25, 0.3) is 0 Å². The van der Waals surface area contributed by atoms with E-state index < -0.39 is 11.6 Å². The Kier molecular flexibility index (Phi) is 6.88. The van der Waals surface area contributed by atoms with Crippen molar-refractivity contribution in [3.05, 3.63) is 149 Å². The van der Waals surface area contributed by atoms with Gasteiger partial charge >= 0.3 is 0 Å². The van der Waals surface area contributed by atoms with Gasteiger partial charge in [-0.15, -0.1) is 0 Å². The van der Waals surface area contributed by atoms with E-state index in [-0.39, 0.29) is 6.54 Å². The third kappa shape index (κ3) is 4.84. The number of fused-ring (bicyclic) bond motifs is 1. The van der Waals surface area contributed by atoms with E-state index >= 15 is 0 Å². The molecular formula is C29H25F2N. The Morgan fingerprint density at radius 1 is 0.688 bits per heavy atom. The summed E-state index contributed by atoms with van der Waals surface area (Å²) in [6.07, 6.45) is 4.62. The van der Waals surface area contributed by atoms with Crippen LogP contribution in [-0.2, 0) is 6.54 Å². The van der Waals surface area contributed by atoms with Gasteiger partial charge in [0.15, 0.2) is 11.6 Å². The minimum absolute atomic E-state index is 0.233. The van der Waals surface area contributed by atoms with Crippen molar-refractivity contribution in [1.82, 2.24) is 0 Å². The average molecular weight is 426 g/mol. The molecule has 0 aromatic heterocycles. The molecular weight excluding hydrogens is 400 g/mol. The fraction of sp³-hybridized carbons (Fsp3) is 0.103. The van der Waals surface area contributed by atoms with Crippen molar-refractivity contribution in [3.63, 3.8) is 0 Å². The van der Waals surface area contributed by atoms with Crippen molar-refractivity contribution in [2.45, 2.75) is 18.4 Å². The van der Waals surface area contributed by atoms with Gasteiger partial charge in [-0.1, -0.05) is 103 Å². The molecule has 3 heteroatoms. The maximum Gasteiger partial charge on any atom is 0.159 e. The number of halogens is 2. The van der Waals surface area contributed by atoms with Gasteiger partial charge in [0, 0.05) is 18.4 Å². The number of allylic oxidation sites excluding steroid dienone is 1. The number of rotatable bonds is 4. The molecule has 0 amide bonds. The van der Waals surface area contributed by atoms with Crippen LogP contribution >= 0.6 is 0 Å². The van der Waals surface area contributed by atoms with E-state index in [4.69, 9.17) is 5.73 Å². The fourth-order valence-corrected chi connectivity index (χ4v) is 4.16. The quantitative estimate of drug-likeness (QED) is 0.372. The zero-order valence-electron chi connectivity index (χ0n) is 17.7. The molecule has 0 spiro atoms. The lowest BCUT2D eigenvalue weighted by molar-refractivity contribution is 0.507. The Labute approximate surface area is 187 Å². The van der Waals surface area contributed by atoms with Crippen molar-refractivity contribution in [3.8, 4) is 0 Å². The molecule has 0 radical (unpaired) electrons.